The van der Waals surface area contributed by atoms with Crippen molar-refractivity contribution in [2.24, 2.45) is 0 Å². The Hall–Kier alpha value is -2.18. The number of ether oxygens (including phenoxy) is 1. The molecule has 0 radical (unpaired) electrons. The Kier molecular flexibility index (Phi) is 5.25. The average Bonchev–Trinajstić information content (AvgIpc) is 3.03. The third kappa shape index (κ3) is 3.83. The molecular weight excluding hydrogens is 382 g/mol. The highest BCUT2D eigenvalue weighted by Gasteiger charge is 2.32. The Morgan fingerprint density at radius 2 is 1.86 bits per heavy atom. The zero-order valence-corrected chi connectivity index (χ0v) is 18.5. The minimum atomic E-state index is -0.679. The third-order valence-corrected chi connectivity index (χ3v) is 6.47. The molecule has 5 nitrogen and oxygen atoms in total. The van der Waals surface area contributed by atoms with Crippen molar-refractivity contribution in [3.05, 3.63) is 40.4 Å². The van der Waals surface area contributed by atoms with E-state index in [1.807, 2.05) is 40.1 Å². The number of nitrogens with zero attached hydrogens (tertiary/aromatic N) is 3. The van der Waals surface area contributed by atoms with E-state index in [0.717, 1.165) is 45.4 Å². The standard InChI is InChI=1S/C23H27N3O2S/c1-13-18(21(14(2)27)28-23(3,4)5)19(15-10-24-12-25-11-15)20-16-8-6-7-9-17(16)29-22(20)26-13/h10-12,21H,6-9H2,1-5H3/t21-/m1/s1. The van der Waals surface area contributed by atoms with Crippen LogP contribution in [0.3, 0.4) is 0 Å². The maximum Gasteiger partial charge on any atom is 0.163 e. The van der Waals surface area contributed by atoms with Crippen LogP contribution in [0, 0.1) is 6.92 Å². The number of Topliss-reactive ketones (excluding diaryl/α,β-unsaturated/α-hetero) is 1. The topological polar surface area (TPSA) is 65.0 Å². The van der Waals surface area contributed by atoms with Crippen LogP contribution in [0.1, 0.15) is 68.3 Å². The van der Waals surface area contributed by atoms with Gasteiger partial charge in [-0.3, -0.25) is 4.79 Å². The second-order valence-corrected chi connectivity index (χ2v) is 9.81. The predicted octanol–water partition coefficient (Wildman–Crippen LogP) is 5.39. The van der Waals surface area contributed by atoms with Gasteiger partial charge in [-0.05, 0) is 65.9 Å². The number of ketones is 1. The molecule has 4 rings (SSSR count). The van der Waals surface area contributed by atoms with E-state index in [9.17, 15) is 4.79 Å². The normalized spacial score (nSPS) is 15.3. The highest BCUT2D eigenvalue weighted by molar-refractivity contribution is 7.19. The molecule has 0 aromatic carbocycles. The van der Waals surface area contributed by atoms with E-state index >= 15 is 0 Å². The number of rotatable bonds is 4. The lowest BCUT2D eigenvalue weighted by atomic mass is 9.88. The smallest absolute Gasteiger partial charge is 0.163 e. The molecule has 152 valence electrons. The molecule has 3 aromatic rings. The Bertz CT molecular complexity index is 1070. The lowest BCUT2D eigenvalue weighted by Gasteiger charge is -2.29. The Morgan fingerprint density at radius 3 is 2.52 bits per heavy atom. The summed E-state index contributed by atoms with van der Waals surface area (Å²) in [6, 6.07) is 0. The summed E-state index contributed by atoms with van der Waals surface area (Å²) < 4.78 is 6.27. The first-order chi connectivity index (χ1) is 13.8. The van der Waals surface area contributed by atoms with Crippen LogP contribution in [0.25, 0.3) is 21.3 Å². The van der Waals surface area contributed by atoms with Gasteiger partial charge in [0.15, 0.2) is 5.78 Å². The molecular formula is C23H27N3O2S. The summed E-state index contributed by atoms with van der Waals surface area (Å²) in [6.45, 7) is 9.49. The molecule has 6 heteroatoms. The Balaban J connectivity index is 2.08. The van der Waals surface area contributed by atoms with Crippen LogP contribution in [0.15, 0.2) is 18.7 Å². The molecule has 1 aliphatic carbocycles. The van der Waals surface area contributed by atoms with Gasteiger partial charge in [-0.15, -0.1) is 11.3 Å². The molecule has 0 unspecified atom stereocenters. The number of thiophene rings is 1. The summed E-state index contributed by atoms with van der Waals surface area (Å²) >= 11 is 1.79. The van der Waals surface area contributed by atoms with Crippen LogP contribution in [0.2, 0.25) is 0 Å². The zero-order valence-electron chi connectivity index (χ0n) is 17.7. The van der Waals surface area contributed by atoms with Crippen LogP contribution < -0.4 is 0 Å². The van der Waals surface area contributed by atoms with E-state index in [1.165, 1.54) is 29.6 Å². The molecule has 1 atom stereocenters. The molecule has 0 N–H and O–H groups in total. The van der Waals surface area contributed by atoms with Gasteiger partial charge in [-0.1, -0.05) is 0 Å². The first-order valence-corrected chi connectivity index (χ1v) is 11.0. The highest BCUT2D eigenvalue weighted by atomic mass is 32.1. The summed E-state index contributed by atoms with van der Waals surface area (Å²) in [4.78, 5) is 28.7. The number of aryl methyl sites for hydroxylation is 3. The van der Waals surface area contributed by atoms with Gasteiger partial charge in [-0.25, -0.2) is 15.0 Å². The van der Waals surface area contributed by atoms with E-state index in [1.54, 1.807) is 18.3 Å². The third-order valence-electron chi connectivity index (χ3n) is 5.28. The number of pyridine rings is 1. The van der Waals surface area contributed by atoms with Gasteiger partial charge in [0.25, 0.3) is 0 Å². The van der Waals surface area contributed by atoms with Crippen LogP contribution >= 0.6 is 11.3 Å². The maximum absolute atomic E-state index is 12.7. The van der Waals surface area contributed by atoms with Crippen molar-refractivity contribution in [2.75, 3.05) is 0 Å². The maximum atomic E-state index is 12.7. The van der Waals surface area contributed by atoms with Gasteiger partial charge in [-0.2, -0.15) is 0 Å². The van der Waals surface area contributed by atoms with Gasteiger partial charge in [0.05, 0.1) is 5.60 Å². The minimum Gasteiger partial charge on any atom is -0.360 e. The number of hydrogen-bond acceptors (Lipinski definition) is 6. The fourth-order valence-electron chi connectivity index (χ4n) is 4.16. The van der Waals surface area contributed by atoms with Gasteiger partial charge in [0.1, 0.15) is 17.3 Å². The molecule has 0 bridgehead atoms. The first kappa shape index (κ1) is 20.1. The summed E-state index contributed by atoms with van der Waals surface area (Å²) in [7, 11) is 0. The lowest BCUT2D eigenvalue weighted by molar-refractivity contribution is -0.138. The van der Waals surface area contributed by atoms with Gasteiger partial charge in [0.2, 0.25) is 0 Å². The van der Waals surface area contributed by atoms with Crippen LogP contribution in [0.5, 0.6) is 0 Å². The molecule has 0 aliphatic heterocycles. The highest BCUT2D eigenvalue weighted by Crippen LogP contribution is 2.45. The van der Waals surface area contributed by atoms with Crippen molar-refractivity contribution >= 4 is 27.3 Å². The molecule has 0 spiro atoms. The molecule has 0 saturated carbocycles. The van der Waals surface area contributed by atoms with Gasteiger partial charge < -0.3 is 4.74 Å². The summed E-state index contributed by atoms with van der Waals surface area (Å²) in [5, 5.41) is 1.16. The predicted molar refractivity (Wildman–Crippen MR) is 116 cm³/mol. The van der Waals surface area contributed by atoms with Gasteiger partial charge in [0, 0.05) is 45.0 Å². The molecule has 1 aliphatic rings. The largest absolute Gasteiger partial charge is 0.360 e. The van der Waals surface area contributed by atoms with Crippen LogP contribution in [-0.4, -0.2) is 26.3 Å². The second kappa shape index (κ2) is 7.58. The summed E-state index contributed by atoms with van der Waals surface area (Å²) in [5.74, 6) is -0.0219. The molecule has 29 heavy (non-hydrogen) atoms. The van der Waals surface area contributed by atoms with E-state index in [-0.39, 0.29) is 5.78 Å². The van der Waals surface area contributed by atoms with Crippen LogP contribution in [-0.2, 0) is 22.4 Å². The van der Waals surface area contributed by atoms with Crippen LogP contribution in [0.4, 0.5) is 0 Å². The number of aromatic nitrogens is 3. The molecule has 0 amide bonds. The first-order valence-electron chi connectivity index (χ1n) is 10.1. The average molecular weight is 410 g/mol. The van der Waals surface area contributed by atoms with Crippen molar-refractivity contribution in [3.63, 3.8) is 0 Å². The fourth-order valence-corrected chi connectivity index (χ4v) is 5.48. The number of hydrogen-bond donors (Lipinski definition) is 0. The van der Waals surface area contributed by atoms with E-state index in [4.69, 9.17) is 9.72 Å². The zero-order chi connectivity index (χ0) is 20.8. The van der Waals surface area contributed by atoms with E-state index < -0.39 is 11.7 Å². The second-order valence-electron chi connectivity index (χ2n) is 8.73. The van der Waals surface area contributed by atoms with E-state index in [0.29, 0.717) is 0 Å². The quantitative estimate of drug-likeness (QED) is 0.578. The fraction of sp³-hybridized carbons (Fsp3) is 0.478. The SMILES string of the molecule is CC(=O)[C@@H](OC(C)(C)C)c1c(C)nc2sc3c(c2c1-c1cncnc1)CCCC3. The number of carbonyl (C=O) groups is 1. The molecule has 0 fully saturated rings. The van der Waals surface area contributed by atoms with Crippen molar-refractivity contribution < 1.29 is 9.53 Å². The van der Waals surface area contributed by atoms with Crippen molar-refractivity contribution in [2.45, 2.75) is 72.0 Å². The minimum absolute atomic E-state index is 0.0219. The molecule has 3 aromatic heterocycles. The number of carbonyl (C=O) groups excluding carboxylic acids is 1. The monoisotopic (exact) mass is 409 g/mol. The number of fused-ring (bicyclic) bond motifs is 3. The summed E-state index contributed by atoms with van der Waals surface area (Å²) in [5.41, 5.74) is 4.52. The lowest BCUT2D eigenvalue weighted by Crippen LogP contribution is -2.27. The Morgan fingerprint density at radius 1 is 1.17 bits per heavy atom. The van der Waals surface area contributed by atoms with E-state index in [2.05, 4.69) is 9.97 Å². The molecule has 3 heterocycles. The van der Waals surface area contributed by atoms with Crippen molar-refractivity contribution in [1.82, 2.24) is 15.0 Å². The summed E-state index contributed by atoms with van der Waals surface area (Å²) in [6.07, 6.45) is 9.06. The van der Waals surface area contributed by atoms with Crippen molar-refractivity contribution in [1.29, 1.82) is 0 Å². The molecule has 0 saturated heterocycles. The Labute approximate surface area is 175 Å². The van der Waals surface area contributed by atoms with Gasteiger partial charge >= 0.3 is 0 Å². The van der Waals surface area contributed by atoms with Crippen molar-refractivity contribution in [3.8, 4) is 11.1 Å².